The van der Waals surface area contributed by atoms with E-state index in [1.54, 1.807) is 7.11 Å². The maximum Gasteiger partial charge on any atom is 0.0650 e. The molecule has 0 aliphatic heterocycles. The van der Waals surface area contributed by atoms with Gasteiger partial charge in [-0.3, -0.25) is 0 Å². The average Bonchev–Trinajstić information content (AvgIpc) is 2.50. The minimum atomic E-state index is -0.394. The van der Waals surface area contributed by atoms with Gasteiger partial charge in [-0.2, -0.15) is 0 Å². The number of hydrogen-bond acceptors (Lipinski definition) is 2. The summed E-state index contributed by atoms with van der Waals surface area (Å²) in [6.07, 6.45) is 1.21. The number of benzene rings is 2. The van der Waals surface area contributed by atoms with Crippen LogP contribution in [0.5, 0.6) is 0 Å². The predicted molar refractivity (Wildman–Crippen MR) is 81.8 cm³/mol. The molecule has 2 rings (SSSR count). The lowest BCUT2D eigenvalue weighted by molar-refractivity contribution is 0.123. The third-order valence-electron chi connectivity index (χ3n) is 3.55. The van der Waals surface area contributed by atoms with Crippen LogP contribution in [0.15, 0.2) is 60.7 Å². The molecular weight excluding hydrogens is 248 g/mol. The summed E-state index contributed by atoms with van der Waals surface area (Å²) in [4.78, 5) is 0. The van der Waals surface area contributed by atoms with Crippen LogP contribution in [0.4, 0.5) is 0 Å². The number of aliphatic hydroxyl groups is 1. The first-order chi connectivity index (χ1) is 9.83. The largest absolute Gasteiger partial charge is 0.392 e. The molecule has 0 radical (unpaired) electrons. The van der Waals surface area contributed by atoms with Crippen LogP contribution < -0.4 is 0 Å². The Bertz CT molecular complexity index is 442. The van der Waals surface area contributed by atoms with Gasteiger partial charge in [-0.05, 0) is 24.0 Å². The third-order valence-corrected chi connectivity index (χ3v) is 3.55. The van der Waals surface area contributed by atoms with Crippen molar-refractivity contribution in [3.8, 4) is 0 Å². The van der Waals surface area contributed by atoms with Gasteiger partial charge >= 0.3 is 0 Å². The van der Waals surface area contributed by atoms with E-state index >= 15 is 0 Å². The lowest BCUT2D eigenvalue weighted by Crippen LogP contribution is -2.20. The monoisotopic (exact) mass is 270 g/mol. The van der Waals surface area contributed by atoms with Gasteiger partial charge in [-0.1, -0.05) is 60.7 Å². The van der Waals surface area contributed by atoms with Gasteiger partial charge in [0.25, 0.3) is 0 Å². The number of ether oxygens (including phenoxy) is 1. The van der Waals surface area contributed by atoms with Gasteiger partial charge in [0.15, 0.2) is 0 Å². The summed E-state index contributed by atoms with van der Waals surface area (Å²) in [6, 6.07) is 20.4. The second-order valence-electron chi connectivity index (χ2n) is 5.00. The zero-order valence-electron chi connectivity index (χ0n) is 11.9. The van der Waals surface area contributed by atoms with E-state index in [9.17, 15) is 5.11 Å². The molecule has 0 fully saturated rings. The van der Waals surface area contributed by atoms with E-state index in [2.05, 4.69) is 24.3 Å². The Morgan fingerprint density at radius 2 is 1.40 bits per heavy atom. The van der Waals surface area contributed by atoms with Crippen LogP contribution in [0.3, 0.4) is 0 Å². The molecule has 0 saturated heterocycles. The minimum Gasteiger partial charge on any atom is -0.392 e. The first-order valence-corrected chi connectivity index (χ1v) is 7.10. The van der Waals surface area contributed by atoms with E-state index in [0.717, 1.165) is 24.0 Å². The van der Waals surface area contributed by atoms with Gasteiger partial charge in [0, 0.05) is 19.6 Å². The van der Waals surface area contributed by atoms with Gasteiger partial charge < -0.3 is 9.84 Å². The van der Waals surface area contributed by atoms with Gasteiger partial charge in [-0.15, -0.1) is 0 Å². The lowest BCUT2D eigenvalue weighted by atomic mass is 9.85. The normalized spacial score (nSPS) is 12.6. The minimum absolute atomic E-state index is 0.0225. The van der Waals surface area contributed by atoms with Crippen molar-refractivity contribution in [3.05, 3.63) is 71.8 Å². The molecule has 0 amide bonds. The van der Waals surface area contributed by atoms with Crippen molar-refractivity contribution >= 4 is 0 Å². The Labute approximate surface area is 121 Å². The van der Waals surface area contributed by atoms with E-state index in [4.69, 9.17) is 4.74 Å². The Kier molecular flexibility index (Phi) is 5.78. The molecule has 0 saturated carbocycles. The first-order valence-electron chi connectivity index (χ1n) is 7.10. The van der Waals surface area contributed by atoms with Crippen LogP contribution >= 0.6 is 0 Å². The molecule has 2 aromatic rings. The molecule has 1 unspecified atom stereocenters. The quantitative estimate of drug-likeness (QED) is 0.779. The third kappa shape index (κ3) is 3.92. The molecule has 0 bridgehead atoms. The molecule has 106 valence electrons. The van der Waals surface area contributed by atoms with Gasteiger partial charge in [0.1, 0.15) is 0 Å². The number of hydrogen-bond donors (Lipinski definition) is 1. The summed E-state index contributed by atoms with van der Waals surface area (Å²) in [5, 5.41) is 10.6. The molecule has 20 heavy (non-hydrogen) atoms. The van der Waals surface area contributed by atoms with E-state index in [1.807, 2.05) is 36.4 Å². The second-order valence-corrected chi connectivity index (χ2v) is 5.00. The summed E-state index contributed by atoms with van der Waals surface area (Å²) >= 11 is 0. The molecule has 0 aliphatic carbocycles. The van der Waals surface area contributed by atoms with Crippen LogP contribution in [-0.4, -0.2) is 24.9 Å². The maximum atomic E-state index is 10.6. The highest BCUT2D eigenvalue weighted by atomic mass is 16.5. The van der Waals surface area contributed by atoms with Crippen LogP contribution in [0.25, 0.3) is 0 Å². The fourth-order valence-corrected chi connectivity index (χ4v) is 2.56. The number of methoxy groups -OCH3 is 1. The Morgan fingerprint density at radius 1 is 0.900 bits per heavy atom. The fraction of sp³-hybridized carbons (Fsp3) is 0.333. The Balaban J connectivity index is 2.21. The molecule has 2 heteroatoms. The molecule has 2 aromatic carbocycles. The summed E-state index contributed by atoms with van der Waals surface area (Å²) in [5.41, 5.74) is 2.31. The highest BCUT2D eigenvalue weighted by molar-refractivity contribution is 5.33. The molecule has 2 nitrogen and oxygen atoms in total. The molecule has 1 N–H and O–H groups in total. The van der Waals surface area contributed by atoms with Crippen molar-refractivity contribution in [3.63, 3.8) is 0 Å². The Morgan fingerprint density at radius 3 is 1.85 bits per heavy atom. The summed E-state index contributed by atoms with van der Waals surface area (Å²) in [7, 11) is 1.69. The van der Waals surface area contributed by atoms with Crippen molar-refractivity contribution in [2.24, 2.45) is 0 Å². The smallest absolute Gasteiger partial charge is 0.0650 e. The fourth-order valence-electron chi connectivity index (χ4n) is 2.56. The van der Waals surface area contributed by atoms with Crippen molar-refractivity contribution in [2.75, 3.05) is 13.7 Å². The highest BCUT2D eigenvalue weighted by Gasteiger charge is 2.22. The van der Waals surface area contributed by atoms with E-state index in [-0.39, 0.29) is 5.92 Å². The molecular formula is C18H22O2. The number of aliphatic hydroxyl groups excluding tert-OH is 1. The zero-order chi connectivity index (χ0) is 14.2. The maximum absolute atomic E-state index is 10.6. The lowest BCUT2D eigenvalue weighted by Gasteiger charge is -2.24. The van der Waals surface area contributed by atoms with E-state index in [0.29, 0.717) is 6.61 Å². The van der Waals surface area contributed by atoms with Gasteiger partial charge in [0.2, 0.25) is 0 Å². The van der Waals surface area contributed by atoms with Gasteiger partial charge in [-0.25, -0.2) is 0 Å². The zero-order valence-corrected chi connectivity index (χ0v) is 11.9. The van der Waals surface area contributed by atoms with E-state index < -0.39 is 6.10 Å². The first kappa shape index (κ1) is 14.8. The van der Waals surface area contributed by atoms with Crippen molar-refractivity contribution in [1.29, 1.82) is 0 Å². The van der Waals surface area contributed by atoms with E-state index in [1.165, 1.54) is 0 Å². The Hall–Kier alpha value is -1.64. The summed E-state index contributed by atoms with van der Waals surface area (Å²) < 4.78 is 5.07. The molecule has 0 spiro atoms. The van der Waals surface area contributed by atoms with Crippen molar-refractivity contribution in [2.45, 2.75) is 24.9 Å². The topological polar surface area (TPSA) is 29.5 Å². The van der Waals surface area contributed by atoms with Gasteiger partial charge in [0.05, 0.1) is 6.10 Å². The molecule has 0 aromatic heterocycles. The van der Waals surface area contributed by atoms with Crippen LogP contribution in [-0.2, 0) is 4.74 Å². The summed E-state index contributed by atoms with van der Waals surface area (Å²) in [6.45, 7) is 0.688. The standard InChI is InChI=1S/C18H22O2/c1-20-14-8-13-17(19)18(15-9-4-2-5-10-15)16-11-6-3-7-12-16/h2-7,9-12,17-19H,8,13-14H2,1H3. The SMILES string of the molecule is COCCCC(O)C(c1ccccc1)c1ccccc1. The van der Waals surface area contributed by atoms with Crippen LogP contribution in [0.2, 0.25) is 0 Å². The van der Waals surface area contributed by atoms with Crippen LogP contribution in [0, 0.1) is 0 Å². The average molecular weight is 270 g/mol. The molecule has 1 atom stereocenters. The highest BCUT2D eigenvalue weighted by Crippen LogP contribution is 2.29. The molecule has 0 aliphatic rings. The number of rotatable bonds is 7. The summed E-state index contributed by atoms with van der Waals surface area (Å²) in [5.74, 6) is 0.0225. The molecule has 0 heterocycles. The predicted octanol–water partition coefficient (Wildman–Crippen LogP) is 3.61. The van der Waals surface area contributed by atoms with Crippen molar-refractivity contribution < 1.29 is 9.84 Å². The second kappa shape index (κ2) is 7.83. The van der Waals surface area contributed by atoms with Crippen molar-refractivity contribution in [1.82, 2.24) is 0 Å². The van der Waals surface area contributed by atoms with Crippen LogP contribution in [0.1, 0.15) is 29.9 Å².